The van der Waals surface area contributed by atoms with Crippen LogP contribution < -0.4 is 5.73 Å². The SMILES string of the molecule is C=CC(=O)N(CC)C1CCN(Cc2ccc(-n3c(-c4cccnc4N)nc4ccc(-c5ccccc5)nc43)cc2)CC1. The molecular formula is C34H35N7O. The van der Waals surface area contributed by atoms with E-state index >= 15 is 0 Å². The number of fused-ring (bicyclic) bond motifs is 1. The first-order valence-corrected chi connectivity index (χ1v) is 14.5. The summed E-state index contributed by atoms with van der Waals surface area (Å²) in [5.74, 6) is 1.16. The van der Waals surface area contributed by atoms with Gasteiger partial charge in [0.1, 0.15) is 11.3 Å². The highest BCUT2D eigenvalue weighted by molar-refractivity contribution is 5.87. The van der Waals surface area contributed by atoms with E-state index < -0.39 is 0 Å². The number of amides is 1. The van der Waals surface area contributed by atoms with Crippen molar-refractivity contribution in [2.45, 2.75) is 32.4 Å². The van der Waals surface area contributed by atoms with Gasteiger partial charge in [-0.05, 0) is 67.8 Å². The van der Waals surface area contributed by atoms with Crippen molar-refractivity contribution in [1.29, 1.82) is 0 Å². The van der Waals surface area contributed by atoms with E-state index in [0.29, 0.717) is 18.2 Å². The minimum absolute atomic E-state index is 0.0244. The second kappa shape index (κ2) is 12.0. The summed E-state index contributed by atoms with van der Waals surface area (Å²) in [6.07, 6.45) is 5.05. The van der Waals surface area contributed by atoms with E-state index in [2.05, 4.69) is 57.4 Å². The molecule has 1 amide bonds. The third-order valence-corrected chi connectivity index (χ3v) is 8.05. The molecule has 0 radical (unpaired) electrons. The molecule has 3 aromatic heterocycles. The zero-order valence-electron chi connectivity index (χ0n) is 23.9. The van der Waals surface area contributed by atoms with Crippen LogP contribution in [0.15, 0.2) is 97.7 Å². The van der Waals surface area contributed by atoms with Gasteiger partial charge in [0, 0.05) is 49.7 Å². The largest absolute Gasteiger partial charge is 0.383 e. The summed E-state index contributed by atoms with van der Waals surface area (Å²) in [7, 11) is 0. The van der Waals surface area contributed by atoms with E-state index in [1.807, 2.05) is 54.3 Å². The number of piperidine rings is 1. The summed E-state index contributed by atoms with van der Waals surface area (Å²) in [5.41, 5.74) is 12.7. The lowest BCUT2D eigenvalue weighted by atomic mass is 10.0. The lowest BCUT2D eigenvalue weighted by Gasteiger charge is -2.37. The summed E-state index contributed by atoms with van der Waals surface area (Å²) in [5, 5.41) is 0. The summed E-state index contributed by atoms with van der Waals surface area (Å²) >= 11 is 0. The van der Waals surface area contributed by atoms with Crippen LogP contribution in [-0.2, 0) is 11.3 Å². The van der Waals surface area contributed by atoms with Gasteiger partial charge in [-0.1, -0.05) is 49.0 Å². The summed E-state index contributed by atoms with van der Waals surface area (Å²) < 4.78 is 2.07. The van der Waals surface area contributed by atoms with Crippen molar-refractivity contribution in [2.24, 2.45) is 0 Å². The molecule has 0 atom stereocenters. The number of hydrogen-bond donors (Lipinski definition) is 1. The van der Waals surface area contributed by atoms with E-state index in [1.54, 1.807) is 6.20 Å². The number of likely N-dealkylation sites (N-methyl/N-ethyl adjacent to an activating group) is 1. The van der Waals surface area contributed by atoms with Crippen LogP contribution in [0.3, 0.4) is 0 Å². The Morgan fingerprint density at radius 2 is 1.76 bits per heavy atom. The molecule has 0 unspecified atom stereocenters. The van der Waals surface area contributed by atoms with Gasteiger partial charge in [-0.3, -0.25) is 14.3 Å². The minimum Gasteiger partial charge on any atom is -0.383 e. The average Bonchev–Trinajstić information content (AvgIpc) is 3.41. The fourth-order valence-electron chi connectivity index (χ4n) is 5.87. The van der Waals surface area contributed by atoms with Crippen molar-refractivity contribution in [1.82, 2.24) is 29.3 Å². The van der Waals surface area contributed by atoms with Gasteiger partial charge in [0.25, 0.3) is 0 Å². The highest BCUT2D eigenvalue weighted by atomic mass is 16.2. The first kappa shape index (κ1) is 27.4. The molecule has 6 rings (SSSR count). The Bertz CT molecular complexity index is 1700. The topological polar surface area (TPSA) is 93.2 Å². The van der Waals surface area contributed by atoms with Gasteiger partial charge in [0.2, 0.25) is 5.91 Å². The van der Waals surface area contributed by atoms with Gasteiger partial charge < -0.3 is 10.6 Å². The Hall–Kier alpha value is -4.82. The molecule has 5 aromatic rings. The van der Waals surface area contributed by atoms with Crippen LogP contribution in [0, 0.1) is 0 Å². The van der Waals surface area contributed by atoms with E-state index in [0.717, 1.165) is 66.1 Å². The Balaban J connectivity index is 1.29. The normalized spacial score (nSPS) is 14.2. The van der Waals surface area contributed by atoms with Gasteiger partial charge in [0.05, 0.1) is 11.3 Å². The van der Waals surface area contributed by atoms with Gasteiger partial charge in [-0.15, -0.1) is 0 Å². The Morgan fingerprint density at radius 3 is 2.45 bits per heavy atom. The van der Waals surface area contributed by atoms with Crippen LogP contribution in [0.25, 0.3) is 39.5 Å². The van der Waals surface area contributed by atoms with Crippen LogP contribution in [0.2, 0.25) is 0 Å². The number of carbonyl (C=O) groups excluding carboxylic acids is 1. The monoisotopic (exact) mass is 557 g/mol. The highest BCUT2D eigenvalue weighted by Crippen LogP contribution is 2.32. The van der Waals surface area contributed by atoms with Crippen LogP contribution in [-0.4, -0.2) is 60.9 Å². The summed E-state index contributed by atoms with van der Waals surface area (Å²) in [6.45, 7) is 9.18. The van der Waals surface area contributed by atoms with Crippen LogP contribution in [0.4, 0.5) is 5.82 Å². The third kappa shape index (κ3) is 5.41. The lowest BCUT2D eigenvalue weighted by Crippen LogP contribution is -2.46. The number of nitrogens with zero attached hydrogens (tertiary/aromatic N) is 6. The van der Waals surface area contributed by atoms with Gasteiger partial charge in [-0.2, -0.15) is 0 Å². The number of carbonyl (C=O) groups is 1. The molecule has 0 bridgehead atoms. The van der Waals surface area contributed by atoms with E-state index in [9.17, 15) is 4.79 Å². The fraction of sp³-hybridized carbons (Fsp3) is 0.235. The number of nitrogens with two attached hydrogens (primary N) is 1. The smallest absolute Gasteiger partial charge is 0.246 e. The standard InChI is InChI=1S/C34H35N7O/c1-3-31(42)40(4-2)26-18-21-39(22-19-26)23-24-12-14-27(15-13-24)41-33(28-11-8-20-36-32(28)35)38-30-17-16-29(37-34(30)41)25-9-6-5-7-10-25/h3,5-17,20,26H,1,4,18-19,21-23H2,2H3,(H2,35,36). The van der Waals surface area contributed by atoms with Gasteiger partial charge in [0.15, 0.2) is 11.5 Å². The minimum atomic E-state index is 0.0244. The first-order valence-electron chi connectivity index (χ1n) is 14.5. The van der Waals surface area contributed by atoms with E-state index in [4.69, 9.17) is 15.7 Å². The molecule has 4 heterocycles. The Kier molecular flexibility index (Phi) is 7.79. The van der Waals surface area contributed by atoms with E-state index in [1.165, 1.54) is 11.6 Å². The van der Waals surface area contributed by atoms with Crippen molar-refractivity contribution in [3.05, 3.63) is 103 Å². The molecule has 212 valence electrons. The summed E-state index contributed by atoms with van der Waals surface area (Å²) in [4.78, 5) is 30.9. The van der Waals surface area contributed by atoms with Crippen molar-refractivity contribution >= 4 is 22.9 Å². The molecule has 1 aliphatic rings. The molecule has 0 aliphatic carbocycles. The van der Waals surface area contributed by atoms with Crippen molar-refractivity contribution in [3.63, 3.8) is 0 Å². The van der Waals surface area contributed by atoms with E-state index in [-0.39, 0.29) is 11.9 Å². The highest BCUT2D eigenvalue weighted by Gasteiger charge is 2.26. The number of nitrogen functional groups attached to an aromatic ring is 1. The predicted octanol–water partition coefficient (Wildman–Crippen LogP) is 5.73. The number of rotatable bonds is 8. The number of benzene rings is 2. The molecular weight excluding hydrogens is 522 g/mol. The summed E-state index contributed by atoms with van der Waals surface area (Å²) in [6, 6.07) is 26.8. The maximum atomic E-state index is 12.2. The molecule has 8 nitrogen and oxygen atoms in total. The van der Waals surface area contributed by atoms with Crippen LogP contribution >= 0.6 is 0 Å². The molecule has 42 heavy (non-hydrogen) atoms. The second-order valence-corrected chi connectivity index (χ2v) is 10.6. The molecule has 0 saturated carbocycles. The van der Waals surface area contributed by atoms with Gasteiger partial charge in [-0.25, -0.2) is 15.0 Å². The number of pyridine rings is 2. The zero-order valence-corrected chi connectivity index (χ0v) is 23.9. The number of likely N-dealkylation sites (tertiary alicyclic amines) is 1. The molecule has 2 aromatic carbocycles. The molecule has 1 aliphatic heterocycles. The molecule has 2 N–H and O–H groups in total. The predicted molar refractivity (Wildman–Crippen MR) is 168 cm³/mol. The third-order valence-electron chi connectivity index (χ3n) is 8.05. The average molecular weight is 558 g/mol. The second-order valence-electron chi connectivity index (χ2n) is 10.6. The number of aromatic nitrogens is 4. The zero-order chi connectivity index (χ0) is 29.1. The maximum absolute atomic E-state index is 12.2. The van der Waals surface area contributed by atoms with Crippen molar-refractivity contribution < 1.29 is 4.79 Å². The van der Waals surface area contributed by atoms with Crippen molar-refractivity contribution in [2.75, 3.05) is 25.4 Å². The van der Waals surface area contributed by atoms with Crippen LogP contribution in [0.5, 0.6) is 0 Å². The fourth-order valence-corrected chi connectivity index (χ4v) is 5.87. The maximum Gasteiger partial charge on any atom is 0.246 e. The van der Waals surface area contributed by atoms with Crippen molar-refractivity contribution in [3.8, 4) is 28.3 Å². The number of anilines is 1. The number of hydrogen-bond acceptors (Lipinski definition) is 6. The molecule has 1 saturated heterocycles. The molecule has 8 heteroatoms. The Morgan fingerprint density at radius 1 is 1.00 bits per heavy atom. The quantitative estimate of drug-likeness (QED) is 0.245. The lowest BCUT2D eigenvalue weighted by molar-refractivity contribution is -0.129. The van der Waals surface area contributed by atoms with Crippen LogP contribution in [0.1, 0.15) is 25.3 Å². The van der Waals surface area contributed by atoms with Gasteiger partial charge >= 0.3 is 0 Å². The Labute approximate surface area is 246 Å². The first-order chi connectivity index (χ1) is 20.6. The molecule has 1 fully saturated rings. The molecule has 0 spiro atoms. The number of imidazole rings is 1.